The summed E-state index contributed by atoms with van der Waals surface area (Å²) >= 11 is 0. The van der Waals surface area contributed by atoms with Crippen molar-refractivity contribution in [1.29, 1.82) is 0 Å². The van der Waals surface area contributed by atoms with Gasteiger partial charge in [-0.3, -0.25) is 0 Å². The van der Waals surface area contributed by atoms with Crippen molar-refractivity contribution >= 4 is 38.9 Å². The minimum atomic E-state index is 0.559. The van der Waals surface area contributed by atoms with Crippen LogP contribution in [0.25, 0.3) is 38.6 Å². The first kappa shape index (κ1) is 26.0. The summed E-state index contributed by atoms with van der Waals surface area (Å²) in [6, 6.07) is 54.4. The largest absolute Gasteiger partial charge is 0.310 e. The molecule has 5 atom stereocenters. The van der Waals surface area contributed by atoms with Gasteiger partial charge in [-0.25, -0.2) is 0 Å². The third-order valence-corrected chi connectivity index (χ3v) is 12.7. The van der Waals surface area contributed by atoms with E-state index in [2.05, 4.69) is 155 Å². The lowest BCUT2D eigenvalue weighted by atomic mass is 9.37. The first-order valence-electron chi connectivity index (χ1n) is 17.4. The fraction of sp³-hybridized carbons (Fsp3) is 0.200. The molecular weight excluding hydrogens is 569 g/mol. The maximum Gasteiger partial charge on any atom is 0.0561 e. The highest BCUT2D eigenvalue weighted by Gasteiger charge is 2.70. The molecule has 4 aliphatic rings. The fourth-order valence-electron chi connectivity index (χ4n) is 10.8. The summed E-state index contributed by atoms with van der Waals surface area (Å²) in [6.45, 7) is 0. The van der Waals surface area contributed by atoms with Gasteiger partial charge in [0.05, 0.1) is 11.0 Å². The molecule has 1 spiro atoms. The van der Waals surface area contributed by atoms with E-state index in [4.69, 9.17) is 0 Å². The molecule has 0 radical (unpaired) electrons. The minimum absolute atomic E-state index is 0.559. The summed E-state index contributed by atoms with van der Waals surface area (Å²) in [7, 11) is 0. The van der Waals surface area contributed by atoms with Crippen LogP contribution in [0.3, 0.4) is 0 Å². The first-order valence-corrected chi connectivity index (χ1v) is 17.4. The van der Waals surface area contributed by atoms with E-state index in [-0.39, 0.29) is 0 Å². The molecule has 4 aliphatic carbocycles. The molecule has 11 rings (SSSR count). The smallest absolute Gasteiger partial charge is 0.0561 e. The predicted molar refractivity (Wildman–Crippen MR) is 194 cm³/mol. The number of hydrogen-bond acceptors (Lipinski definition) is 1. The van der Waals surface area contributed by atoms with Crippen molar-refractivity contribution in [2.75, 3.05) is 4.90 Å². The molecule has 2 nitrogen and oxygen atoms in total. The number of para-hydroxylation sites is 3. The van der Waals surface area contributed by atoms with Crippen molar-refractivity contribution in [1.82, 2.24) is 4.57 Å². The van der Waals surface area contributed by atoms with E-state index in [1.54, 1.807) is 11.1 Å². The van der Waals surface area contributed by atoms with Gasteiger partial charge < -0.3 is 9.47 Å². The summed E-state index contributed by atoms with van der Waals surface area (Å²) in [5.41, 5.74) is 13.9. The zero-order valence-electron chi connectivity index (χ0n) is 26.4. The van der Waals surface area contributed by atoms with Crippen molar-refractivity contribution in [2.45, 2.75) is 37.5 Å². The Bertz CT molecular complexity index is 2350. The molecule has 3 saturated carbocycles. The second kappa shape index (κ2) is 9.48. The number of aromatic nitrogens is 1. The summed E-state index contributed by atoms with van der Waals surface area (Å²) in [5, 5.41) is 2.56. The molecule has 2 heteroatoms. The standard InChI is InChI=1S/C45H36N2/c1-3-11-32(12-4-1)46(35-20-22-40-39-17-9-10-18-43(39)47(44(40)27-35)33-13-5-2-6-14-33)34-19-21-38-41(26-34)37-16-8-7-15-36(37)29-23-30-24-31-25-42(38)45(30,31)28-29/h1-22,26-27,29-31,42H,23-25,28H2. The van der Waals surface area contributed by atoms with Crippen LogP contribution in [-0.4, -0.2) is 4.57 Å². The van der Waals surface area contributed by atoms with Crippen LogP contribution in [0.1, 0.15) is 48.6 Å². The molecular formula is C45H36N2. The summed E-state index contributed by atoms with van der Waals surface area (Å²) in [6.07, 6.45) is 5.63. The van der Waals surface area contributed by atoms with Crippen molar-refractivity contribution in [3.63, 3.8) is 0 Å². The number of hydrogen-bond donors (Lipinski definition) is 0. The summed E-state index contributed by atoms with van der Waals surface area (Å²) < 4.78 is 2.42. The predicted octanol–water partition coefficient (Wildman–Crippen LogP) is 11.9. The Kier molecular flexibility index (Phi) is 5.25. The van der Waals surface area contributed by atoms with E-state index in [0.717, 1.165) is 11.8 Å². The Morgan fingerprint density at radius 2 is 1.21 bits per heavy atom. The Morgan fingerprint density at radius 3 is 2.09 bits per heavy atom. The molecule has 7 aromatic rings. The second-order valence-corrected chi connectivity index (χ2v) is 14.6. The zero-order valence-corrected chi connectivity index (χ0v) is 26.4. The Morgan fingerprint density at radius 1 is 0.511 bits per heavy atom. The highest BCUT2D eigenvalue weighted by molar-refractivity contribution is 6.10. The van der Waals surface area contributed by atoms with E-state index in [1.807, 2.05) is 0 Å². The fourth-order valence-corrected chi connectivity index (χ4v) is 10.8. The van der Waals surface area contributed by atoms with Gasteiger partial charge in [0.25, 0.3) is 0 Å². The number of nitrogens with zero attached hydrogens (tertiary/aromatic N) is 2. The van der Waals surface area contributed by atoms with Crippen molar-refractivity contribution in [3.05, 3.63) is 157 Å². The monoisotopic (exact) mass is 604 g/mol. The second-order valence-electron chi connectivity index (χ2n) is 14.6. The van der Waals surface area contributed by atoms with E-state index in [0.29, 0.717) is 17.3 Å². The lowest BCUT2D eigenvalue weighted by Gasteiger charge is -2.67. The average molecular weight is 605 g/mol. The van der Waals surface area contributed by atoms with Crippen molar-refractivity contribution < 1.29 is 0 Å². The quantitative estimate of drug-likeness (QED) is 0.194. The van der Waals surface area contributed by atoms with Crippen LogP contribution in [0.15, 0.2) is 146 Å². The molecule has 2 bridgehead atoms. The van der Waals surface area contributed by atoms with Crippen LogP contribution < -0.4 is 4.90 Å². The van der Waals surface area contributed by atoms with Crippen LogP contribution in [0, 0.1) is 17.3 Å². The lowest BCUT2D eigenvalue weighted by molar-refractivity contribution is -0.144. The van der Waals surface area contributed by atoms with Crippen molar-refractivity contribution in [3.8, 4) is 16.8 Å². The topological polar surface area (TPSA) is 8.17 Å². The van der Waals surface area contributed by atoms with Gasteiger partial charge in [-0.05, 0) is 132 Å². The summed E-state index contributed by atoms with van der Waals surface area (Å²) in [5.74, 6) is 3.27. The van der Waals surface area contributed by atoms with E-state index >= 15 is 0 Å². The molecule has 0 amide bonds. The van der Waals surface area contributed by atoms with Gasteiger partial charge in [0, 0.05) is 33.5 Å². The molecule has 47 heavy (non-hydrogen) atoms. The highest BCUT2D eigenvalue weighted by Crippen LogP contribution is 2.80. The third-order valence-electron chi connectivity index (χ3n) is 12.7. The third kappa shape index (κ3) is 3.46. The van der Waals surface area contributed by atoms with Gasteiger partial charge in [-0.2, -0.15) is 0 Å². The minimum Gasteiger partial charge on any atom is -0.310 e. The molecule has 1 heterocycles. The molecule has 0 aliphatic heterocycles. The van der Waals surface area contributed by atoms with Crippen LogP contribution in [0.2, 0.25) is 0 Å². The maximum atomic E-state index is 2.53. The van der Waals surface area contributed by atoms with Crippen LogP contribution in [-0.2, 0) is 0 Å². The van der Waals surface area contributed by atoms with Crippen LogP contribution in [0.5, 0.6) is 0 Å². The van der Waals surface area contributed by atoms with Crippen LogP contribution in [0.4, 0.5) is 17.1 Å². The Hall–Kier alpha value is -5.08. The van der Waals surface area contributed by atoms with Gasteiger partial charge in [0.2, 0.25) is 0 Å². The van der Waals surface area contributed by atoms with Crippen molar-refractivity contribution in [2.24, 2.45) is 17.3 Å². The van der Waals surface area contributed by atoms with E-state index in [9.17, 15) is 0 Å². The van der Waals surface area contributed by atoms with E-state index in [1.165, 1.54) is 81.4 Å². The Balaban J connectivity index is 1.14. The average Bonchev–Trinajstić information content (AvgIpc) is 3.65. The number of anilines is 3. The van der Waals surface area contributed by atoms with E-state index < -0.39 is 0 Å². The molecule has 5 unspecified atom stereocenters. The van der Waals surface area contributed by atoms with Gasteiger partial charge in [0.15, 0.2) is 0 Å². The zero-order chi connectivity index (χ0) is 30.7. The van der Waals surface area contributed by atoms with Gasteiger partial charge in [0.1, 0.15) is 0 Å². The SMILES string of the molecule is c1ccc(N(c2ccc3c(c2)-c2ccccc2C2CC4CC5CC3C45C2)c2ccc3c4ccccc4n(-c4ccccc4)c3c2)cc1. The first-order chi connectivity index (χ1) is 23.3. The van der Waals surface area contributed by atoms with Gasteiger partial charge in [-0.1, -0.05) is 91.0 Å². The molecule has 1 aromatic heterocycles. The number of rotatable bonds is 4. The van der Waals surface area contributed by atoms with Gasteiger partial charge in [-0.15, -0.1) is 0 Å². The lowest BCUT2D eigenvalue weighted by Crippen LogP contribution is -2.58. The molecule has 6 aromatic carbocycles. The maximum absolute atomic E-state index is 2.53. The molecule has 3 fully saturated rings. The molecule has 0 saturated heterocycles. The Labute approximate surface area is 275 Å². The number of benzene rings is 6. The molecule has 0 N–H and O–H groups in total. The van der Waals surface area contributed by atoms with Crippen LogP contribution >= 0.6 is 0 Å². The van der Waals surface area contributed by atoms with Gasteiger partial charge >= 0.3 is 0 Å². The highest BCUT2D eigenvalue weighted by atomic mass is 15.1. The normalized spacial score (nSPS) is 24.8. The molecule has 226 valence electrons. The number of fused-ring (bicyclic) bond motifs is 9. The summed E-state index contributed by atoms with van der Waals surface area (Å²) in [4.78, 5) is 2.47.